The highest BCUT2D eigenvalue weighted by molar-refractivity contribution is 7.90. The smallest absolute Gasteiger partial charge is 0.285 e. The monoisotopic (exact) mass is 376 g/mol. The normalized spacial score (nSPS) is 12.7. The van der Waals surface area contributed by atoms with E-state index in [-0.39, 0.29) is 4.90 Å². The van der Waals surface area contributed by atoms with E-state index in [1.54, 1.807) is 24.3 Å². The van der Waals surface area contributed by atoms with E-state index in [9.17, 15) is 8.42 Å². The number of hydrogen-bond acceptors (Lipinski definition) is 4. The van der Waals surface area contributed by atoms with Crippen LogP contribution in [0.2, 0.25) is 0 Å². The zero-order valence-electron chi connectivity index (χ0n) is 14.4. The van der Waals surface area contributed by atoms with Gasteiger partial charge in [-0.25, -0.2) is 0 Å². The maximum Gasteiger partial charge on any atom is 0.285 e. The largest absolute Gasteiger partial charge is 0.492 e. The van der Waals surface area contributed by atoms with Crippen molar-refractivity contribution in [2.24, 2.45) is 4.40 Å². The second-order valence-electron chi connectivity index (χ2n) is 5.54. The number of thiazole rings is 1. The summed E-state index contributed by atoms with van der Waals surface area (Å²) in [5.41, 5.74) is 1.89. The summed E-state index contributed by atoms with van der Waals surface area (Å²) >= 11 is 1.35. The van der Waals surface area contributed by atoms with Gasteiger partial charge in [0.2, 0.25) is 4.80 Å². The molecule has 0 aliphatic carbocycles. The van der Waals surface area contributed by atoms with Crippen molar-refractivity contribution in [1.29, 1.82) is 0 Å². The molecule has 5 nitrogen and oxygen atoms in total. The molecule has 0 fully saturated rings. The van der Waals surface area contributed by atoms with Crippen molar-refractivity contribution in [1.82, 2.24) is 4.57 Å². The Labute approximate surface area is 151 Å². The lowest BCUT2D eigenvalue weighted by molar-refractivity contribution is 0.342. The fraction of sp³-hybridized carbons (Fsp3) is 0.278. The van der Waals surface area contributed by atoms with Crippen LogP contribution in [0.5, 0.6) is 5.75 Å². The Balaban J connectivity index is 2.22. The molecule has 0 unspecified atom stereocenters. The molecule has 0 amide bonds. The number of para-hydroxylation sites is 1. The third kappa shape index (κ3) is 3.48. The predicted molar refractivity (Wildman–Crippen MR) is 101 cm³/mol. The Hall–Kier alpha value is -2.12. The summed E-state index contributed by atoms with van der Waals surface area (Å²) in [6, 6.07) is 12.5. The topological polar surface area (TPSA) is 60.7 Å². The van der Waals surface area contributed by atoms with Gasteiger partial charge in [0.15, 0.2) is 0 Å². The first-order valence-electron chi connectivity index (χ1n) is 8.09. The number of hydrogen-bond donors (Lipinski definition) is 0. The summed E-state index contributed by atoms with van der Waals surface area (Å²) < 4.78 is 38.0. The van der Waals surface area contributed by atoms with Crippen LogP contribution in [0.3, 0.4) is 0 Å². The quantitative estimate of drug-likeness (QED) is 0.682. The molecule has 25 heavy (non-hydrogen) atoms. The maximum absolute atomic E-state index is 12.7. The minimum absolute atomic E-state index is 0.197. The van der Waals surface area contributed by atoms with Crippen molar-refractivity contribution in [2.75, 3.05) is 6.61 Å². The SMILES string of the molecule is CCOc1cccc2s/c(=N\S(=O)(=O)c3ccc(C)cc3)n(CC)c12. The van der Waals surface area contributed by atoms with Gasteiger partial charge in [-0.3, -0.25) is 0 Å². The van der Waals surface area contributed by atoms with Gasteiger partial charge in [-0.2, -0.15) is 8.42 Å². The summed E-state index contributed by atoms with van der Waals surface area (Å²) in [5, 5.41) is 0. The molecule has 0 radical (unpaired) electrons. The van der Waals surface area contributed by atoms with E-state index in [0.29, 0.717) is 18.0 Å². The first-order chi connectivity index (χ1) is 12.0. The number of fused-ring (bicyclic) bond motifs is 1. The summed E-state index contributed by atoms with van der Waals surface area (Å²) in [7, 11) is -3.76. The second-order valence-corrected chi connectivity index (χ2v) is 8.16. The van der Waals surface area contributed by atoms with Crippen molar-refractivity contribution in [3.63, 3.8) is 0 Å². The average molecular weight is 377 g/mol. The number of sulfonamides is 1. The number of nitrogens with zero attached hydrogens (tertiary/aromatic N) is 2. The minimum atomic E-state index is -3.76. The zero-order chi connectivity index (χ0) is 18.0. The van der Waals surface area contributed by atoms with Gasteiger partial charge in [-0.1, -0.05) is 35.1 Å². The molecular weight excluding hydrogens is 356 g/mol. The molecule has 0 bridgehead atoms. The van der Waals surface area contributed by atoms with Gasteiger partial charge in [0, 0.05) is 6.54 Å². The highest BCUT2D eigenvalue weighted by atomic mass is 32.2. The number of ether oxygens (including phenoxy) is 1. The molecular formula is C18H20N2O3S2. The van der Waals surface area contributed by atoms with Gasteiger partial charge < -0.3 is 9.30 Å². The Morgan fingerprint density at radius 3 is 2.48 bits per heavy atom. The molecule has 0 saturated heterocycles. The van der Waals surface area contributed by atoms with Crippen LogP contribution in [-0.2, 0) is 16.6 Å². The third-order valence-electron chi connectivity index (χ3n) is 3.80. The van der Waals surface area contributed by atoms with Crippen molar-refractivity contribution in [2.45, 2.75) is 32.2 Å². The molecule has 0 saturated carbocycles. The van der Waals surface area contributed by atoms with Crippen LogP contribution in [0.25, 0.3) is 10.2 Å². The number of benzene rings is 2. The minimum Gasteiger partial charge on any atom is -0.492 e. The molecule has 1 aromatic heterocycles. The molecule has 0 N–H and O–H groups in total. The Morgan fingerprint density at radius 2 is 1.84 bits per heavy atom. The van der Waals surface area contributed by atoms with Crippen molar-refractivity contribution in [3.05, 3.63) is 52.8 Å². The molecule has 0 spiro atoms. The molecule has 0 aliphatic heterocycles. The molecule has 3 aromatic rings. The average Bonchev–Trinajstić information content (AvgIpc) is 2.92. The van der Waals surface area contributed by atoms with Gasteiger partial charge in [-0.15, -0.1) is 4.40 Å². The van der Waals surface area contributed by atoms with Gasteiger partial charge in [0.05, 0.1) is 16.2 Å². The fourth-order valence-electron chi connectivity index (χ4n) is 2.60. The molecule has 3 rings (SSSR count). The Kier molecular flexibility index (Phi) is 4.96. The van der Waals surface area contributed by atoms with E-state index in [1.807, 2.05) is 43.5 Å². The number of aromatic nitrogens is 1. The van der Waals surface area contributed by atoms with E-state index in [1.165, 1.54) is 11.3 Å². The lowest BCUT2D eigenvalue weighted by Gasteiger charge is -2.07. The summed E-state index contributed by atoms with van der Waals surface area (Å²) in [5.74, 6) is 0.743. The summed E-state index contributed by atoms with van der Waals surface area (Å²) in [6.07, 6.45) is 0. The van der Waals surface area contributed by atoms with E-state index in [4.69, 9.17) is 4.74 Å². The summed E-state index contributed by atoms with van der Waals surface area (Å²) in [6.45, 7) is 6.96. The lowest BCUT2D eigenvalue weighted by Crippen LogP contribution is -2.16. The van der Waals surface area contributed by atoms with Gasteiger partial charge in [-0.05, 0) is 45.0 Å². The Bertz CT molecular complexity index is 1060. The van der Waals surface area contributed by atoms with Crippen molar-refractivity contribution >= 4 is 31.6 Å². The fourth-order valence-corrected chi connectivity index (χ4v) is 4.91. The molecule has 0 aliphatic rings. The van der Waals surface area contributed by atoms with E-state index < -0.39 is 10.0 Å². The first-order valence-corrected chi connectivity index (χ1v) is 10.3. The standard InChI is InChI=1S/C18H20N2O3S2/c1-4-20-17-15(23-5-2)7-6-8-16(17)24-18(20)19-25(21,22)14-11-9-13(3)10-12-14/h6-12H,4-5H2,1-3H3/b19-18-. The predicted octanol–water partition coefficient (Wildman–Crippen LogP) is 3.72. The summed E-state index contributed by atoms with van der Waals surface area (Å²) in [4.78, 5) is 0.647. The van der Waals surface area contributed by atoms with Crippen LogP contribution in [0.15, 0.2) is 51.8 Å². The van der Waals surface area contributed by atoms with E-state index in [0.717, 1.165) is 21.5 Å². The van der Waals surface area contributed by atoms with Gasteiger partial charge >= 0.3 is 0 Å². The van der Waals surface area contributed by atoms with Crippen LogP contribution in [-0.4, -0.2) is 19.6 Å². The third-order valence-corrected chi connectivity index (χ3v) is 6.24. The zero-order valence-corrected chi connectivity index (χ0v) is 16.0. The lowest BCUT2D eigenvalue weighted by atomic mass is 10.2. The van der Waals surface area contributed by atoms with Crippen LogP contribution in [0.1, 0.15) is 19.4 Å². The first kappa shape index (κ1) is 17.7. The van der Waals surface area contributed by atoms with Crippen molar-refractivity contribution in [3.8, 4) is 5.75 Å². The maximum atomic E-state index is 12.7. The molecule has 132 valence electrons. The van der Waals surface area contributed by atoms with Crippen LogP contribution in [0.4, 0.5) is 0 Å². The number of aryl methyl sites for hydroxylation is 2. The van der Waals surface area contributed by atoms with Crippen LogP contribution >= 0.6 is 11.3 Å². The van der Waals surface area contributed by atoms with Crippen LogP contribution < -0.4 is 9.54 Å². The second kappa shape index (κ2) is 7.01. The Morgan fingerprint density at radius 1 is 1.12 bits per heavy atom. The van der Waals surface area contributed by atoms with Crippen molar-refractivity contribution < 1.29 is 13.2 Å². The van der Waals surface area contributed by atoms with Crippen LogP contribution in [0, 0.1) is 6.92 Å². The van der Waals surface area contributed by atoms with E-state index in [2.05, 4.69) is 4.40 Å². The molecule has 7 heteroatoms. The van der Waals surface area contributed by atoms with E-state index >= 15 is 0 Å². The van der Waals surface area contributed by atoms with Gasteiger partial charge in [0.25, 0.3) is 10.0 Å². The molecule has 0 atom stereocenters. The van der Waals surface area contributed by atoms with Gasteiger partial charge in [0.1, 0.15) is 11.3 Å². The highest BCUT2D eigenvalue weighted by Gasteiger charge is 2.16. The highest BCUT2D eigenvalue weighted by Crippen LogP contribution is 2.28. The molecule has 2 aromatic carbocycles. The number of rotatable bonds is 5. The molecule has 1 heterocycles.